The van der Waals surface area contributed by atoms with Crippen LogP contribution in [-0.4, -0.2) is 137 Å². The number of methoxy groups -OCH3 is 1. The Morgan fingerprint density at radius 2 is 1.49 bits per heavy atom. The van der Waals surface area contributed by atoms with Gasteiger partial charge in [0.1, 0.15) is 24.4 Å². The van der Waals surface area contributed by atoms with E-state index in [1.807, 2.05) is 0 Å². The number of aliphatic hydroxyl groups excluding tert-OH is 2. The fraction of sp³-hybridized carbons (Fsp3) is 0.944. The van der Waals surface area contributed by atoms with E-state index >= 15 is 0 Å². The van der Waals surface area contributed by atoms with Gasteiger partial charge in [-0.05, 0) is 6.42 Å². The molecule has 2 aliphatic heterocycles. The Morgan fingerprint density at radius 1 is 0.854 bits per heavy atom. The quantitative estimate of drug-likeness (QED) is 0.109. The molecule has 20 nitrogen and oxygen atoms in total. The van der Waals surface area contributed by atoms with Crippen LogP contribution in [0.4, 0.5) is 0 Å². The Balaban J connectivity index is 2.31. The highest BCUT2D eigenvalue weighted by Crippen LogP contribution is 2.32. The summed E-state index contributed by atoms with van der Waals surface area (Å²) in [4.78, 5) is 11.6. The molecule has 0 aromatic carbocycles. The van der Waals surface area contributed by atoms with Crippen molar-refractivity contribution in [2.45, 2.75) is 62.1 Å². The maximum Gasteiger partial charge on any atom is 0.218 e. The Labute approximate surface area is 235 Å². The Kier molecular flexibility index (Phi) is 12.8. The van der Waals surface area contributed by atoms with Crippen LogP contribution >= 0.6 is 0 Å². The number of carboxylic acids is 1. The number of rotatable bonds is 15. The smallest absolute Gasteiger partial charge is 0.218 e. The van der Waals surface area contributed by atoms with Crippen LogP contribution in [0.25, 0.3) is 0 Å². The van der Waals surface area contributed by atoms with E-state index in [2.05, 4.69) is 8.37 Å². The molecule has 0 radical (unpaired) electrons. The van der Waals surface area contributed by atoms with Crippen molar-refractivity contribution in [3.63, 3.8) is 0 Å². The van der Waals surface area contributed by atoms with Crippen LogP contribution in [0.2, 0.25) is 0 Å². The predicted octanol–water partition coefficient (Wildman–Crippen LogP) is -5.96. The molecule has 2 aliphatic rings. The second kappa shape index (κ2) is 14.5. The summed E-state index contributed by atoms with van der Waals surface area (Å²) >= 11 is 0. The Morgan fingerprint density at radius 3 is 1.98 bits per heavy atom. The zero-order chi connectivity index (χ0) is 31.3. The zero-order valence-electron chi connectivity index (χ0n) is 21.4. The fourth-order valence-electron chi connectivity index (χ4n) is 4.66. The van der Waals surface area contributed by atoms with E-state index in [9.17, 15) is 59.0 Å². The number of ether oxygens (including phenoxy) is 4. The Bertz CT molecular complexity index is 1190. The zero-order valence-corrected chi connectivity index (χ0v) is 23.8. The van der Waals surface area contributed by atoms with E-state index in [-0.39, 0.29) is 6.42 Å². The molecule has 0 spiro atoms. The first kappa shape index (κ1) is 36.0. The van der Waals surface area contributed by atoms with E-state index in [4.69, 9.17) is 18.9 Å². The van der Waals surface area contributed by atoms with Gasteiger partial charge in [0.15, 0.2) is 10.3 Å². The molecule has 2 rings (SSSR count). The largest absolute Gasteiger partial charge is 0.735 e. The predicted molar refractivity (Wildman–Crippen MR) is 121 cm³/mol. The summed E-state index contributed by atoms with van der Waals surface area (Å²) in [5.41, 5.74) is 0. The number of aliphatic carboxylic acids is 1. The van der Waals surface area contributed by atoms with Gasteiger partial charge in [0.25, 0.3) is 0 Å². The highest BCUT2D eigenvalue weighted by atomic mass is 32.3. The third kappa shape index (κ3) is 10.8. The molecule has 0 aromatic heterocycles. The van der Waals surface area contributed by atoms with E-state index in [1.54, 1.807) is 4.72 Å². The van der Waals surface area contributed by atoms with Crippen molar-refractivity contribution >= 4 is 37.1 Å². The minimum Gasteiger partial charge on any atom is -0.735 e. The first-order valence-electron chi connectivity index (χ1n) is 11.7. The number of hydrogen-bond acceptors (Lipinski definition) is 19. The molecule has 23 heteroatoms. The monoisotopic (exact) mass is 659 g/mol. The van der Waals surface area contributed by atoms with Crippen LogP contribution in [-0.2, 0) is 63.2 Å². The average Bonchev–Trinajstić information content (AvgIpc) is 2.81. The van der Waals surface area contributed by atoms with Crippen molar-refractivity contribution < 1.29 is 86.3 Å². The van der Waals surface area contributed by atoms with Crippen LogP contribution in [0.15, 0.2) is 0 Å². The van der Waals surface area contributed by atoms with E-state index < -0.39 is 124 Å². The number of aliphatic hydroxyl groups is 2. The maximum atomic E-state index is 11.6. The SMILES string of the molecule is CCC1C(C(=O)[O-])OC(COCC2C(COS(=O)(=O)[O-])OC(COC)C(NS(=O)(=O)[O-])C2O)C(OS(=O)(=O)[O-])C1O. The third-order valence-corrected chi connectivity index (χ3v) is 7.84. The fourth-order valence-corrected chi connectivity index (χ4v) is 6.09. The molecule has 0 bridgehead atoms. The highest BCUT2D eigenvalue weighted by Gasteiger charge is 2.48. The average molecular weight is 660 g/mol. The summed E-state index contributed by atoms with van der Waals surface area (Å²) in [7, 11) is -14.8. The van der Waals surface area contributed by atoms with Crippen LogP contribution in [0.1, 0.15) is 13.3 Å². The molecule has 10 atom stereocenters. The first-order valence-corrected chi connectivity index (χ1v) is 15.8. The maximum absolute atomic E-state index is 11.6. The topological polar surface area (TPSA) is 320 Å². The summed E-state index contributed by atoms with van der Waals surface area (Å²) in [5.74, 6) is -4.51. The van der Waals surface area contributed by atoms with Gasteiger partial charge in [-0.25, -0.2) is 30.0 Å². The van der Waals surface area contributed by atoms with Crippen LogP contribution in [0.5, 0.6) is 0 Å². The summed E-state index contributed by atoms with van der Waals surface area (Å²) < 4.78 is 132. The minimum atomic E-state index is -5.46. The van der Waals surface area contributed by atoms with Crippen molar-refractivity contribution in [1.82, 2.24) is 4.72 Å². The summed E-state index contributed by atoms with van der Waals surface area (Å²) in [6, 6.07) is -1.69. The third-order valence-electron chi connectivity index (χ3n) is 6.40. The van der Waals surface area contributed by atoms with Gasteiger partial charge in [-0.2, -0.15) is 0 Å². The van der Waals surface area contributed by atoms with E-state index in [1.165, 1.54) is 6.92 Å². The molecule has 0 aromatic rings. The highest BCUT2D eigenvalue weighted by molar-refractivity contribution is 7.83. The number of carbonyl (C=O) groups excluding carboxylic acids is 1. The molecular weight excluding hydrogens is 630 g/mol. The Hall–Kier alpha value is -1.16. The molecule has 2 heterocycles. The van der Waals surface area contributed by atoms with E-state index in [0.29, 0.717) is 0 Å². The minimum absolute atomic E-state index is 0.0677. The summed E-state index contributed by atoms with van der Waals surface area (Å²) in [6.45, 7) is -1.58. The second-order valence-corrected chi connectivity index (χ2v) is 12.3. The van der Waals surface area contributed by atoms with Gasteiger partial charge in [0, 0.05) is 18.9 Å². The molecule has 0 amide bonds. The van der Waals surface area contributed by atoms with Crippen molar-refractivity contribution in [3.05, 3.63) is 0 Å². The number of carboxylic acid groups (broad SMARTS) is 1. The molecule has 3 N–H and O–H groups in total. The summed E-state index contributed by atoms with van der Waals surface area (Å²) in [6.07, 6.45) is -12.2. The summed E-state index contributed by atoms with van der Waals surface area (Å²) in [5, 5.41) is 33.0. The molecule has 2 saturated heterocycles. The van der Waals surface area contributed by atoms with Crippen molar-refractivity contribution in [2.75, 3.05) is 33.5 Å². The van der Waals surface area contributed by atoms with Gasteiger partial charge in [0.05, 0.1) is 56.8 Å². The van der Waals surface area contributed by atoms with Crippen molar-refractivity contribution in [2.24, 2.45) is 11.8 Å². The van der Waals surface area contributed by atoms with Crippen molar-refractivity contribution in [1.29, 1.82) is 0 Å². The molecule has 2 fully saturated rings. The van der Waals surface area contributed by atoms with Gasteiger partial charge < -0.3 is 52.7 Å². The molecule has 10 unspecified atom stereocenters. The van der Waals surface area contributed by atoms with Gasteiger partial charge in [0.2, 0.25) is 20.8 Å². The van der Waals surface area contributed by atoms with Crippen LogP contribution in [0, 0.1) is 11.8 Å². The van der Waals surface area contributed by atoms with Crippen molar-refractivity contribution in [3.8, 4) is 0 Å². The van der Waals surface area contributed by atoms with Gasteiger partial charge in [-0.1, -0.05) is 6.92 Å². The molecule has 0 aliphatic carbocycles. The number of hydrogen-bond donors (Lipinski definition) is 3. The lowest BCUT2D eigenvalue weighted by Crippen LogP contribution is -2.64. The standard InChI is InChI=1S/C18H33NO19S3/c1-3-8-15(21)17(38-41(30,31)32)12(37-16(8)18(22)23)6-34-4-9-10(7-35-40(27,28)29)36-11(5-33-2)13(14(9)20)19-39(24,25)26/h8-17,19-21H,3-7H2,1-2H3,(H,22,23)(H,24,25,26)(H,27,28,29)(H,30,31,32)/p-4. The van der Waals surface area contributed by atoms with Gasteiger partial charge >= 0.3 is 0 Å². The normalized spacial score (nSPS) is 35.3. The molecule has 0 saturated carbocycles. The lowest BCUT2D eigenvalue weighted by Gasteiger charge is -2.46. The van der Waals surface area contributed by atoms with Gasteiger partial charge in [-0.3, -0.25) is 8.37 Å². The molecule has 242 valence electrons. The lowest BCUT2D eigenvalue weighted by atomic mass is 9.84. The molecular formula is C18H29NO19S3-4. The van der Waals surface area contributed by atoms with Crippen LogP contribution < -0.4 is 9.83 Å². The van der Waals surface area contributed by atoms with E-state index in [0.717, 1.165) is 7.11 Å². The first-order chi connectivity index (χ1) is 18.8. The van der Waals surface area contributed by atoms with Crippen LogP contribution in [0.3, 0.4) is 0 Å². The number of nitrogens with one attached hydrogen (secondary N) is 1. The molecule has 41 heavy (non-hydrogen) atoms. The number of carbonyl (C=O) groups is 1. The lowest BCUT2D eigenvalue weighted by molar-refractivity contribution is -0.330. The van der Waals surface area contributed by atoms with Gasteiger partial charge in [-0.15, -0.1) is 0 Å². The second-order valence-electron chi connectivity index (χ2n) is 9.10.